The van der Waals surface area contributed by atoms with Gasteiger partial charge < -0.3 is 10.4 Å². The van der Waals surface area contributed by atoms with Crippen LogP contribution >= 0.6 is 0 Å². The fourth-order valence-corrected chi connectivity index (χ4v) is 0.884. The van der Waals surface area contributed by atoms with Crippen LogP contribution in [0.1, 0.15) is 41.5 Å². The number of hydroxylamine groups is 2. The van der Waals surface area contributed by atoms with Gasteiger partial charge in [0.2, 0.25) is 6.07 Å². The van der Waals surface area contributed by atoms with Crippen LogP contribution in [-0.4, -0.2) is 27.0 Å². The van der Waals surface area contributed by atoms with Gasteiger partial charge in [-0.2, -0.15) is 5.26 Å². The lowest BCUT2D eigenvalue weighted by atomic mass is 10.1. The maximum absolute atomic E-state index is 11.5. The lowest BCUT2D eigenvalue weighted by Gasteiger charge is -2.13. The first kappa shape index (κ1) is 15.3. The van der Waals surface area contributed by atoms with Crippen LogP contribution in [0.2, 0.25) is 0 Å². The summed E-state index contributed by atoms with van der Waals surface area (Å²) in [5, 5.41) is 39.3. The van der Waals surface area contributed by atoms with Gasteiger partial charge in [0.25, 0.3) is 0 Å². The monoisotopic (exact) mass is 241 g/mol. The number of nitriles is 1. The summed E-state index contributed by atoms with van der Waals surface area (Å²) in [5.74, 6) is 0. The second-order valence-corrected chi connectivity index (χ2v) is 5.65. The Kier molecular flexibility index (Phi) is 4.57. The van der Waals surface area contributed by atoms with Gasteiger partial charge in [0.15, 0.2) is 0 Å². The summed E-state index contributed by atoms with van der Waals surface area (Å²) in [5.41, 5.74) is -1.31. The van der Waals surface area contributed by atoms with Gasteiger partial charge in [0.1, 0.15) is 11.1 Å². The van der Waals surface area contributed by atoms with E-state index in [1.807, 2.05) is 0 Å². The van der Waals surface area contributed by atoms with E-state index in [9.17, 15) is 10.4 Å². The van der Waals surface area contributed by atoms with E-state index in [-0.39, 0.29) is 9.72 Å². The van der Waals surface area contributed by atoms with Crippen molar-refractivity contribution in [2.24, 2.45) is 10.2 Å². The van der Waals surface area contributed by atoms with Crippen molar-refractivity contribution in [1.82, 2.24) is 0 Å². The predicted molar refractivity (Wildman–Crippen MR) is 61.0 cm³/mol. The third-order valence-corrected chi connectivity index (χ3v) is 1.33. The molecule has 0 N–H and O–H groups in total. The maximum Gasteiger partial charge on any atom is 0.497 e. The van der Waals surface area contributed by atoms with Crippen LogP contribution in [0.15, 0.2) is 10.2 Å². The molecule has 0 fully saturated rings. The Labute approximate surface area is 101 Å². The largest absolute Gasteiger partial charge is 0.594 e. The zero-order chi connectivity index (χ0) is 13.9. The minimum absolute atomic E-state index is 0.0994. The molecule has 0 radical (unpaired) electrons. The summed E-state index contributed by atoms with van der Waals surface area (Å²) >= 11 is 0. The molecule has 0 heterocycles. The first-order valence-corrected chi connectivity index (χ1v) is 5.24. The topological polar surface area (TPSA) is 101 Å². The molecule has 0 unspecified atom stereocenters. The van der Waals surface area contributed by atoms with Gasteiger partial charge in [0, 0.05) is 0 Å². The number of rotatable bonds is 2. The number of hydrogen-bond acceptors (Lipinski definition) is 5. The molecule has 0 aliphatic carbocycles. The average Bonchev–Trinajstić information content (AvgIpc) is 1.96. The van der Waals surface area contributed by atoms with Crippen molar-refractivity contribution in [3.8, 4) is 6.07 Å². The molecular formula is C10H19N5O2. The van der Waals surface area contributed by atoms with E-state index in [1.165, 1.54) is 0 Å². The normalized spacial score (nSPS) is 16.5. The summed E-state index contributed by atoms with van der Waals surface area (Å²) in [4.78, 5) is 0.199. The second-order valence-electron chi connectivity index (χ2n) is 5.65. The van der Waals surface area contributed by atoms with Crippen molar-refractivity contribution in [3.63, 3.8) is 0 Å². The van der Waals surface area contributed by atoms with E-state index in [2.05, 4.69) is 10.2 Å². The molecule has 0 aromatic heterocycles. The van der Waals surface area contributed by atoms with Gasteiger partial charge in [-0.05, 0) is 61.5 Å². The summed E-state index contributed by atoms with van der Waals surface area (Å²) < 4.78 is 0. The van der Waals surface area contributed by atoms with Crippen LogP contribution in [-0.2, 0) is 0 Å². The van der Waals surface area contributed by atoms with Crippen molar-refractivity contribution >= 4 is 0 Å². The molecule has 0 aromatic rings. The van der Waals surface area contributed by atoms with Gasteiger partial charge >= 0.3 is 6.17 Å². The van der Waals surface area contributed by atoms with Gasteiger partial charge in [0.05, 0.1) is 0 Å². The Morgan fingerprint density at radius 2 is 1.24 bits per heavy atom. The van der Waals surface area contributed by atoms with Crippen molar-refractivity contribution < 1.29 is 9.72 Å². The summed E-state index contributed by atoms with van der Waals surface area (Å²) in [6.45, 7) is 10.2. The van der Waals surface area contributed by atoms with E-state index < -0.39 is 17.2 Å². The Hall–Kier alpha value is -1.71. The number of azo groups is 2. The highest BCUT2D eigenvalue weighted by Gasteiger charge is 2.31. The van der Waals surface area contributed by atoms with Crippen molar-refractivity contribution in [2.45, 2.75) is 58.8 Å². The molecule has 0 aliphatic rings. The Bertz CT molecular complexity index is 338. The fourth-order valence-electron chi connectivity index (χ4n) is 0.884. The molecule has 96 valence electrons. The summed E-state index contributed by atoms with van der Waals surface area (Å²) in [6.07, 6.45) is -1.59. The first-order chi connectivity index (χ1) is 7.46. The van der Waals surface area contributed by atoms with Gasteiger partial charge in [-0.25, -0.2) is 0 Å². The third kappa shape index (κ3) is 6.45. The van der Waals surface area contributed by atoms with Crippen molar-refractivity contribution in [2.75, 3.05) is 0 Å². The minimum Gasteiger partial charge on any atom is -0.594 e. The Morgan fingerprint density at radius 1 is 0.941 bits per heavy atom. The third-order valence-electron chi connectivity index (χ3n) is 1.33. The quantitative estimate of drug-likeness (QED) is 0.321. The predicted octanol–water partition coefficient (Wildman–Crippen LogP) is 2.36. The molecule has 0 aliphatic heterocycles. The average molecular weight is 241 g/mol. The van der Waals surface area contributed by atoms with Crippen molar-refractivity contribution in [1.29, 1.82) is 5.26 Å². The molecule has 17 heavy (non-hydrogen) atoms. The number of nitrogens with zero attached hydrogens (tertiary/aromatic N) is 5. The molecule has 0 atom stereocenters. The van der Waals surface area contributed by atoms with Crippen LogP contribution in [0.3, 0.4) is 0 Å². The lowest BCUT2D eigenvalue weighted by Crippen LogP contribution is -2.32. The van der Waals surface area contributed by atoms with Crippen LogP contribution in [0.25, 0.3) is 0 Å². The molecule has 0 rings (SSSR count). The van der Waals surface area contributed by atoms with Crippen LogP contribution in [0, 0.1) is 21.7 Å². The molecular weight excluding hydrogens is 222 g/mol. The van der Waals surface area contributed by atoms with Crippen molar-refractivity contribution in [3.05, 3.63) is 10.4 Å². The van der Waals surface area contributed by atoms with Gasteiger partial charge in [-0.1, -0.05) is 0 Å². The molecule has 0 bridgehead atoms. The smallest absolute Gasteiger partial charge is 0.497 e. The van der Waals surface area contributed by atoms with E-state index >= 15 is 0 Å². The molecule has 7 heteroatoms. The minimum atomic E-state index is -1.59. The highest BCUT2D eigenvalue weighted by molar-refractivity contribution is 4.74. The first-order valence-electron chi connectivity index (χ1n) is 5.24. The zero-order valence-corrected chi connectivity index (χ0v) is 11.1. The highest BCUT2D eigenvalue weighted by atomic mass is 16.5. The lowest BCUT2D eigenvalue weighted by molar-refractivity contribution is -0.768. The van der Waals surface area contributed by atoms with Crippen LogP contribution in [0.4, 0.5) is 0 Å². The summed E-state index contributed by atoms with van der Waals surface area (Å²) in [6, 6.07) is 1.59. The molecule has 0 saturated heterocycles. The molecule has 0 saturated carbocycles. The zero-order valence-electron chi connectivity index (χ0n) is 11.1. The van der Waals surface area contributed by atoms with Crippen LogP contribution in [0.5, 0.6) is 0 Å². The molecule has 0 amide bonds. The van der Waals surface area contributed by atoms with Gasteiger partial charge in [-0.15, -0.1) is 0 Å². The highest BCUT2D eigenvalue weighted by Crippen LogP contribution is 2.11. The summed E-state index contributed by atoms with van der Waals surface area (Å²) in [7, 11) is 0. The Balaban J connectivity index is 5.20. The fraction of sp³-hybridized carbons (Fsp3) is 0.900. The van der Waals surface area contributed by atoms with Gasteiger partial charge in [-0.3, -0.25) is 0 Å². The second kappa shape index (κ2) is 5.08. The van der Waals surface area contributed by atoms with E-state index in [4.69, 9.17) is 5.26 Å². The van der Waals surface area contributed by atoms with E-state index in [0.717, 1.165) is 0 Å². The Morgan fingerprint density at radius 3 is 1.41 bits per heavy atom. The number of hydrogen-bond donors (Lipinski definition) is 0. The standard InChI is InChI=1S/C10H19N5O2/c1-9(2,3)12-14(16)8(7-11)15(17)13-10(4,5)6/h8H,1-6H3. The maximum atomic E-state index is 11.5. The van der Waals surface area contributed by atoms with Crippen LogP contribution < -0.4 is 0 Å². The molecule has 0 aromatic carbocycles. The molecule has 7 nitrogen and oxygen atoms in total. The van der Waals surface area contributed by atoms with E-state index in [0.29, 0.717) is 0 Å². The molecule has 0 spiro atoms. The SMILES string of the molecule is CC(C)(C)N=[N+]([O-])C(C#N)[N+]([O-])=NC(C)(C)C. The van der Waals surface area contributed by atoms with E-state index in [1.54, 1.807) is 47.6 Å².